The van der Waals surface area contributed by atoms with E-state index in [1.807, 2.05) is 11.7 Å². The molecule has 0 saturated carbocycles. The average Bonchev–Trinajstić information content (AvgIpc) is 2.64. The number of hydrogen-bond acceptors (Lipinski definition) is 3. The molecule has 2 rings (SSSR count). The van der Waals surface area contributed by atoms with Gasteiger partial charge in [-0.25, -0.2) is 0 Å². The first-order valence-corrected chi connectivity index (χ1v) is 8.02. The first-order chi connectivity index (χ1) is 9.11. The molecule has 1 unspecified atom stereocenters. The summed E-state index contributed by atoms with van der Waals surface area (Å²) in [6, 6.07) is 0. The van der Waals surface area contributed by atoms with E-state index in [4.69, 9.17) is 0 Å². The summed E-state index contributed by atoms with van der Waals surface area (Å²) in [4.78, 5) is 2.56. The van der Waals surface area contributed by atoms with Gasteiger partial charge in [-0.2, -0.15) is 5.10 Å². The second kappa shape index (κ2) is 6.86. The highest BCUT2D eigenvalue weighted by atomic mass is 79.9. The molecule has 1 aromatic rings. The third-order valence-corrected chi connectivity index (χ3v) is 4.95. The van der Waals surface area contributed by atoms with Gasteiger partial charge >= 0.3 is 0 Å². The summed E-state index contributed by atoms with van der Waals surface area (Å²) >= 11 is 3.66. The van der Waals surface area contributed by atoms with Gasteiger partial charge in [-0.3, -0.25) is 9.58 Å². The third-order valence-electron chi connectivity index (χ3n) is 3.92. The number of likely N-dealkylation sites (tertiary alicyclic amines) is 1. The van der Waals surface area contributed by atoms with Gasteiger partial charge in [0.15, 0.2) is 0 Å². The summed E-state index contributed by atoms with van der Waals surface area (Å²) in [7, 11) is 2.03. The van der Waals surface area contributed by atoms with Gasteiger partial charge in [0, 0.05) is 20.1 Å². The minimum Gasteiger partial charge on any atom is -0.317 e. The normalized spacial score (nSPS) is 20.9. The molecule has 4 nitrogen and oxygen atoms in total. The molecular formula is C14H25BrN4. The zero-order valence-electron chi connectivity index (χ0n) is 12.2. The van der Waals surface area contributed by atoms with E-state index < -0.39 is 0 Å². The molecule has 0 bridgehead atoms. The van der Waals surface area contributed by atoms with Crippen molar-refractivity contribution in [2.45, 2.75) is 33.2 Å². The van der Waals surface area contributed by atoms with Gasteiger partial charge < -0.3 is 5.32 Å². The number of halogens is 1. The van der Waals surface area contributed by atoms with Crippen LogP contribution in [-0.4, -0.2) is 40.9 Å². The van der Waals surface area contributed by atoms with Gasteiger partial charge in [-0.1, -0.05) is 6.92 Å². The van der Waals surface area contributed by atoms with E-state index in [9.17, 15) is 0 Å². The Labute approximate surface area is 124 Å². The Balaban J connectivity index is 1.95. The van der Waals surface area contributed by atoms with Crippen LogP contribution in [-0.2, 0) is 13.6 Å². The fourth-order valence-electron chi connectivity index (χ4n) is 2.87. The average molecular weight is 329 g/mol. The van der Waals surface area contributed by atoms with Crippen LogP contribution in [0.3, 0.4) is 0 Å². The number of rotatable bonds is 5. The zero-order chi connectivity index (χ0) is 13.8. The highest BCUT2D eigenvalue weighted by Gasteiger charge is 2.21. The van der Waals surface area contributed by atoms with Gasteiger partial charge in [0.1, 0.15) is 0 Å². The summed E-state index contributed by atoms with van der Waals surface area (Å²) in [5, 5.41) is 7.95. The highest BCUT2D eigenvalue weighted by molar-refractivity contribution is 9.10. The molecule has 0 spiro atoms. The molecule has 2 heterocycles. The lowest BCUT2D eigenvalue weighted by Gasteiger charge is -2.32. The quantitative estimate of drug-likeness (QED) is 0.900. The minimum atomic E-state index is 0.793. The Kier molecular flexibility index (Phi) is 5.42. The van der Waals surface area contributed by atoms with Crippen LogP contribution >= 0.6 is 15.9 Å². The Bertz CT molecular complexity index is 416. The first kappa shape index (κ1) is 15.0. The minimum absolute atomic E-state index is 0.793. The zero-order valence-corrected chi connectivity index (χ0v) is 13.8. The fourth-order valence-corrected chi connectivity index (χ4v) is 3.33. The molecule has 19 heavy (non-hydrogen) atoms. The van der Waals surface area contributed by atoms with Gasteiger partial charge in [0.25, 0.3) is 0 Å². The molecule has 5 heteroatoms. The summed E-state index contributed by atoms with van der Waals surface area (Å²) in [5.41, 5.74) is 2.38. The second-order valence-electron chi connectivity index (χ2n) is 5.52. The predicted molar refractivity (Wildman–Crippen MR) is 82.2 cm³/mol. The van der Waals surface area contributed by atoms with Crippen molar-refractivity contribution in [3.05, 3.63) is 15.9 Å². The van der Waals surface area contributed by atoms with Gasteiger partial charge in [-0.05, 0) is 61.2 Å². The molecule has 108 valence electrons. The van der Waals surface area contributed by atoms with E-state index in [1.165, 1.54) is 36.1 Å². The van der Waals surface area contributed by atoms with Crippen LogP contribution in [0, 0.1) is 12.8 Å². The standard InChI is InChI=1S/C14H25BrN4/c1-4-16-8-12-6-5-7-19(9-12)10-13-14(15)11(2)17-18(13)3/h12,16H,4-10H2,1-3H3. The van der Waals surface area contributed by atoms with E-state index in [1.54, 1.807) is 0 Å². The lowest BCUT2D eigenvalue weighted by Crippen LogP contribution is -2.39. The number of nitrogens with zero attached hydrogens (tertiary/aromatic N) is 3. The maximum Gasteiger partial charge on any atom is 0.0739 e. The Morgan fingerprint density at radius 1 is 1.47 bits per heavy atom. The van der Waals surface area contributed by atoms with Crippen LogP contribution in [0.4, 0.5) is 0 Å². The first-order valence-electron chi connectivity index (χ1n) is 7.22. The van der Waals surface area contributed by atoms with Gasteiger partial charge in [-0.15, -0.1) is 0 Å². The summed E-state index contributed by atoms with van der Waals surface area (Å²) in [5.74, 6) is 0.793. The smallest absolute Gasteiger partial charge is 0.0739 e. The molecule has 1 fully saturated rings. The number of aryl methyl sites for hydroxylation is 2. The number of nitrogens with one attached hydrogen (secondary N) is 1. The van der Waals surface area contributed by atoms with Crippen LogP contribution in [0.2, 0.25) is 0 Å². The molecule has 0 amide bonds. The summed E-state index contributed by atoms with van der Waals surface area (Å²) < 4.78 is 3.18. The molecule has 1 atom stereocenters. The van der Waals surface area contributed by atoms with Crippen molar-refractivity contribution in [2.24, 2.45) is 13.0 Å². The van der Waals surface area contributed by atoms with Crippen molar-refractivity contribution in [1.82, 2.24) is 20.0 Å². The number of piperidine rings is 1. The Morgan fingerprint density at radius 2 is 2.26 bits per heavy atom. The lowest BCUT2D eigenvalue weighted by molar-refractivity contribution is 0.162. The van der Waals surface area contributed by atoms with Crippen molar-refractivity contribution in [1.29, 1.82) is 0 Å². The van der Waals surface area contributed by atoms with Gasteiger partial charge in [0.2, 0.25) is 0 Å². The summed E-state index contributed by atoms with van der Waals surface area (Å²) in [6.45, 7) is 9.86. The van der Waals surface area contributed by atoms with Crippen LogP contribution in [0.1, 0.15) is 31.2 Å². The topological polar surface area (TPSA) is 33.1 Å². The van der Waals surface area contributed by atoms with Crippen LogP contribution in [0.25, 0.3) is 0 Å². The van der Waals surface area contributed by atoms with Crippen LogP contribution in [0.5, 0.6) is 0 Å². The molecule has 1 aromatic heterocycles. The van der Waals surface area contributed by atoms with E-state index >= 15 is 0 Å². The van der Waals surface area contributed by atoms with Gasteiger partial charge in [0.05, 0.1) is 15.9 Å². The Morgan fingerprint density at radius 3 is 2.89 bits per heavy atom. The molecule has 1 aliphatic rings. The van der Waals surface area contributed by atoms with Crippen molar-refractivity contribution in [2.75, 3.05) is 26.2 Å². The molecular weight excluding hydrogens is 304 g/mol. The largest absolute Gasteiger partial charge is 0.317 e. The molecule has 1 aliphatic heterocycles. The SMILES string of the molecule is CCNCC1CCCN(Cc2c(Br)c(C)nn2C)C1. The third kappa shape index (κ3) is 3.80. The van der Waals surface area contributed by atoms with Crippen molar-refractivity contribution in [3.8, 4) is 0 Å². The van der Waals surface area contributed by atoms with E-state index in [0.29, 0.717) is 0 Å². The van der Waals surface area contributed by atoms with E-state index in [0.717, 1.165) is 31.2 Å². The molecule has 0 aliphatic carbocycles. The second-order valence-corrected chi connectivity index (χ2v) is 6.31. The summed E-state index contributed by atoms with van der Waals surface area (Å²) in [6.07, 6.45) is 2.67. The monoisotopic (exact) mass is 328 g/mol. The van der Waals surface area contributed by atoms with Crippen molar-refractivity contribution < 1.29 is 0 Å². The molecule has 1 saturated heterocycles. The lowest BCUT2D eigenvalue weighted by atomic mass is 9.98. The molecule has 0 aromatic carbocycles. The number of aromatic nitrogens is 2. The highest BCUT2D eigenvalue weighted by Crippen LogP contribution is 2.24. The van der Waals surface area contributed by atoms with E-state index in [2.05, 4.69) is 45.1 Å². The van der Waals surface area contributed by atoms with Crippen LogP contribution in [0.15, 0.2) is 4.47 Å². The van der Waals surface area contributed by atoms with Crippen LogP contribution < -0.4 is 5.32 Å². The number of hydrogen-bond donors (Lipinski definition) is 1. The predicted octanol–water partition coefficient (Wildman–Crippen LogP) is 2.31. The van der Waals surface area contributed by atoms with Crippen molar-refractivity contribution in [3.63, 3.8) is 0 Å². The van der Waals surface area contributed by atoms with E-state index in [-0.39, 0.29) is 0 Å². The molecule has 1 N–H and O–H groups in total. The Hall–Kier alpha value is -0.390. The maximum absolute atomic E-state index is 4.48. The fraction of sp³-hybridized carbons (Fsp3) is 0.786. The maximum atomic E-state index is 4.48. The van der Waals surface area contributed by atoms with Crippen molar-refractivity contribution >= 4 is 15.9 Å². The molecule has 0 radical (unpaired) electrons.